The molecule has 1 N–H and O–H groups in total. The standard InChI is InChI=1S/C21H20N2O4S/c1-13(2)27-17-10-8-14(9-11-17)18-12-28-21(22-18)23-19(24)15-4-6-16(7-5-15)20(25)26-3/h4-13H,1-3H3,(H,22,23,24). The Morgan fingerprint density at radius 3 is 2.25 bits per heavy atom. The number of ether oxygens (including phenoxy) is 2. The summed E-state index contributed by atoms with van der Waals surface area (Å²) in [6.07, 6.45) is 0.119. The number of aromatic nitrogens is 1. The van der Waals surface area contributed by atoms with E-state index in [-0.39, 0.29) is 12.0 Å². The van der Waals surface area contributed by atoms with Gasteiger partial charge >= 0.3 is 5.97 Å². The van der Waals surface area contributed by atoms with Crippen molar-refractivity contribution in [2.75, 3.05) is 12.4 Å². The van der Waals surface area contributed by atoms with Crippen molar-refractivity contribution < 1.29 is 19.1 Å². The fourth-order valence-electron chi connectivity index (χ4n) is 2.48. The summed E-state index contributed by atoms with van der Waals surface area (Å²) >= 11 is 1.35. The first-order valence-electron chi connectivity index (χ1n) is 8.68. The van der Waals surface area contributed by atoms with Crippen LogP contribution < -0.4 is 10.1 Å². The third kappa shape index (κ3) is 4.75. The highest BCUT2D eigenvalue weighted by Crippen LogP contribution is 2.27. The van der Waals surface area contributed by atoms with Gasteiger partial charge in [-0.25, -0.2) is 9.78 Å². The molecule has 6 nitrogen and oxygen atoms in total. The Kier molecular flexibility index (Phi) is 6.06. The number of esters is 1. The van der Waals surface area contributed by atoms with E-state index >= 15 is 0 Å². The van der Waals surface area contributed by atoms with E-state index in [9.17, 15) is 9.59 Å². The minimum absolute atomic E-state index is 0.119. The van der Waals surface area contributed by atoms with Crippen molar-refractivity contribution in [3.63, 3.8) is 0 Å². The summed E-state index contributed by atoms with van der Waals surface area (Å²) < 4.78 is 10.3. The molecule has 0 bridgehead atoms. The SMILES string of the molecule is COC(=O)c1ccc(C(=O)Nc2nc(-c3ccc(OC(C)C)cc3)cs2)cc1. The number of methoxy groups -OCH3 is 1. The van der Waals surface area contributed by atoms with Crippen molar-refractivity contribution in [2.45, 2.75) is 20.0 Å². The molecular weight excluding hydrogens is 376 g/mol. The van der Waals surface area contributed by atoms with Crippen molar-refractivity contribution in [1.29, 1.82) is 0 Å². The number of nitrogens with one attached hydrogen (secondary N) is 1. The predicted molar refractivity (Wildman–Crippen MR) is 109 cm³/mol. The van der Waals surface area contributed by atoms with Gasteiger partial charge in [-0.2, -0.15) is 0 Å². The molecule has 0 saturated carbocycles. The van der Waals surface area contributed by atoms with Crippen LogP contribution in [0.25, 0.3) is 11.3 Å². The Hall–Kier alpha value is -3.19. The van der Waals surface area contributed by atoms with Crippen LogP contribution in [0, 0.1) is 0 Å². The molecule has 144 valence electrons. The molecule has 7 heteroatoms. The summed E-state index contributed by atoms with van der Waals surface area (Å²) in [6, 6.07) is 13.9. The van der Waals surface area contributed by atoms with Gasteiger partial charge in [0.15, 0.2) is 5.13 Å². The van der Waals surface area contributed by atoms with Crippen molar-refractivity contribution >= 4 is 28.3 Å². The maximum atomic E-state index is 12.4. The zero-order chi connectivity index (χ0) is 20.1. The lowest BCUT2D eigenvalue weighted by atomic mass is 10.1. The van der Waals surface area contributed by atoms with Crippen LogP contribution in [0.1, 0.15) is 34.6 Å². The first kappa shape index (κ1) is 19.6. The van der Waals surface area contributed by atoms with Crippen LogP contribution in [0.15, 0.2) is 53.9 Å². The number of hydrogen-bond acceptors (Lipinski definition) is 6. The zero-order valence-corrected chi connectivity index (χ0v) is 16.6. The second-order valence-electron chi connectivity index (χ2n) is 6.25. The topological polar surface area (TPSA) is 77.5 Å². The molecule has 28 heavy (non-hydrogen) atoms. The molecule has 0 aliphatic heterocycles. The molecule has 0 aliphatic rings. The smallest absolute Gasteiger partial charge is 0.337 e. The van der Waals surface area contributed by atoms with Crippen molar-refractivity contribution in [3.05, 3.63) is 65.0 Å². The second kappa shape index (κ2) is 8.67. The van der Waals surface area contributed by atoms with Gasteiger partial charge in [0.1, 0.15) is 5.75 Å². The molecule has 0 saturated heterocycles. The molecule has 0 fully saturated rings. The Balaban J connectivity index is 1.67. The number of benzene rings is 2. The summed E-state index contributed by atoms with van der Waals surface area (Å²) in [5.41, 5.74) is 2.53. The molecule has 0 radical (unpaired) electrons. The Bertz CT molecular complexity index is 963. The predicted octanol–water partition coefficient (Wildman–Crippen LogP) is 4.64. The van der Waals surface area contributed by atoms with E-state index in [1.54, 1.807) is 24.3 Å². The molecule has 0 aliphatic carbocycles. The summed E-state index contributed by atoms with van der Waals surface area (Å²) in [5.74, 6) is 0.0669. The molecule has 1 aromatic heterocycles. The number of thiazole rings is 1. The molecule has 1 heterocycles. The third-order valence-electron chi connectivity index (χ3n) is 3.81. The van der Waals surface area contributed by atoms with E-state index in [0.717, 1.165) is 17.0 Å². The van der Waals surface area contributed by atoms with Gasteiger partial charge in [0.25, 0.3) is 5.91 Å². The first-order chi connectivity index (χ1) is 13.5. The van der Waals surface area contributed by atoms with Crippen LogP contribution >= 0.6 is 11.3 Å². The molecule has 2 aromatic carbocycles. The summed E-state index contributed by atoms with van der Waals surface area (Å²) in [4.78, 5) is 28.3. The van der Waals surface area contributed by atoms with Gasteiger partial charge in [-0.3, -0.25) is 10.1 Å². The molecule has 0 unspecified atom stereocenters. The maximum absolute atomic E-state index is 12.4. The maximum Gasteiger partial charge on any atom is 0.337 e. The lowest BCUT2D eigenvalue weighted by Crippen LogP contribution is -2.12. The number of carbonyl (C=O) groups excluding carboxylic acids is 2. The van der Waals surface area contributed by atoms with E-state index in [1.807, 2.05) is 43.5 Å². The van der Waals surface area contributed by atoms with Crippen LogP contribution in [0.2, 0.25) is 0 Å². The average molecular weight is 396 g/mol. The van der Waals surface area contributed by atoms with Gasteiger partial charge in [0.2, 0.25) is 0 Å². The largest absolute Gasteiger partial charge is 0.491 e. The second-order valence-corrected chi connectivity index (χ2v) is 7.11. The number of amides is 1. The summed E-state index contributed by atoms with van der Waals surface area (Å²) in [5, 5.41) is 5.16. The molecule has 3 rings (SSSR count). The van der Waals surface area contributed by atoms with Crippen LogP contribution in [0.3, 0.4) is 0 Å². The van der Waals surface area contributed by atoms with Crippen LogP contribution in [0.4, 0.5) is 5.13 Å². The fraction of sp³-hybridized carbons (Fsp3) is 0.190. The third-order valence-corrected chi connectivity index (χ3v) is 4.57. The molecule has 0 spiro atoms. The minimum Gasteiger partial charge on any atom is -0.491 e. The highest BCUT2D eigenvalue weighted by atomic mass is 32.1. The quantitative estimate of drug-likeness (QED) is 0.615. The Morgan fingerprint density at radius 2 is 1.64 bits per heavy atom. The van der Waals surface area contributed by atoms with Gasteiger partial charge in [0.05, 0.1) is 24.5 Å². The van der Waals surface area contributed by atoms with Crippen LogP contribution in [0.5, 0.6) is 5.75 Å². The van der Waals surface area contributed by atoms with Crippen LogP contribution in [-0.4, -0.2) is 30.1 Å². The van der Waals surface area contributed by atoms with Gasteiger partial charge < -0.3 is 9.47 Å². The van der Waals surface area contributed by atoms with E-state index in [4.69, 9.17) is 4.74 Å². The van der Waals surface area contributed by atoms with E-state index in [1.165, 1.54) is 18.4 Å². The van der Waals surface area contributed by atoms with Gasteiger partial charge in [0, 0.05) is 16.5 Å². The fourth-order valence-corrected chi connectivity index (χ4v) is 3.20. The van der Waals surface area contributed by atoms with Gasteiger partial charge in [-0.15, -0.1) is 11.3 Å². The van der Waals surface area contributed by atoms with E-state index in [2.05, 4.69) is 15.0 Å². The molecular formula is C21H20N2O4S. The number of anilines is 1. The summed E-state index contributed by atoms with van der Waals surface area (Å²) in [7, 11) is 1.31. The molecule has 1 amide bonds. The minimum atomic E-state index is -0.443. The van der Waals surface area contributed by atoms with Crippen molar-refractivity contribution in [3.8, 4) is 17.0 Å². The molecule has 0 atom stereocenters. The number of hydrogen-bond donors (Lipinski definition) is 1. The Morgan fingerprint density at radius 1 is 1.00 bits per heavy atom. The van der Waals surface area contributed by atoms with Crippen LogP contribution in [-0.2, 0) is 4.74 Å². The monoisotopic (exact) mass is 396 g/mol. The lowest BCUT2D eigenvalue weighted by Gasteiger charge is -2.09. The highest BCUT2D eigenvalue weighted by Gasteiger charge is 2.12. The van der Waals surface area contributed by atoms with Crippen molar-refractivity contribution in [1.82, 2.24) is 4.98 Å². The lowest BCUT2D eigenvalue weighted by molar-refractivity contribution is 0.0600. The number of nitrogens with zero attached hydrogens (tertiary/aromatic N) is 1. The summed E-state index contributed by atoms with van der Waals surface area (Å²) in [6.45, 7) is 3.96. The van der Waals surface area contributed by atoms with Gasteiger partial charge in [-0.1, -0.05) is 0 Å². The molecule has 3 aromatic rings. The van der Waals surface area contributed by atoms with Crippen molar-refractivity contribution in [2.24, 2.45) is 0 Å². The highest BCUT2D eigenvalue weighted by molar-refractivity contribution is 7.14. The zero-order valence-electron chi connectivity index (χ0n) is 15.8. The first-order valence-corrected chi connectivity index (χ1v) is 9.56. The van der Waals surface area contributed by atoms with Gasteiger partial charge in [-0.05, 0) is 62.4 Å². The normalized spacial score (nSPS) is 10.6. The Labute approximate surface area is 167 Å². The number of rotatable bonds is 6. The average Bonchev–Trinajstić information content (AvgIpc) is 3.16. The van der Waals surface area contributed by atoms with E-state index in [0.29, 0.717) is 16.3 Å². The number of carbonyl (C=O) groups is 2. The van der Waals surface area contributed by atoms with E-state index < -0.39 is 5.97 Å².